The highest BCUT2D eigenvalue weighted by Crippen LogP contribution is 2.38. The quantitative estimate of drug-likeness (QED) is 0.367. The number of esters is 1. The summed E-state index contributed by atoms with van der Waals surface area (Å²) >= 11 is 0. The minimum atomic E-state index is -0.417. The van der Waals surface area contributed by atoms with E-state index in [1.807, 2.05) is 25.1 Å². The van der Waals surface area contributed by atoms with Gasteiger partial charge in [0.25, 0.3) is 0 Å². The molecule has 0 bridgehead atoms. The molecule has 0 aromatic heterocycles. The maximum Gasteiger partial charge on any atom is 0.343 e. The van der Waals surface area contributed by atoms with Gasteiger partial charge in [-0.15, -0.1) is 0 Å². The lowest BCUT2D eigenvalue weighted by atomic mass is 9.76. The molecule has 1 aliphatic rings. The lowest BCUT2D eigenvalue weighted by Gasteiger charge is -2.29. The number of carbonyl (C=O) groups excluding carboxylic acids is 1. The zero-order valence-electron chi connectivity index (χ0n) is 18.5. The van der Waals surface area contributed by atoms with Gasteiger partial charge in [-0.25, -0.2) is 4.79 Å². The van der Waals surface area contributed by atoms with Crippen molar-refractivity contribution in [1.82, 2.24) is 0 Å². The Morgan fingerprint density at radius 2 is 1.80 bits per heavy atom. The molecule has 2 aromatic carbocycles. The monoisotopic (exact) mass is 403 g/mol. The summed E-state index contributed by atoms with van der Waals surface area (Å²) in [5, 5.41) is 9.34. The van der Waals surface area contributed by atoms with Gasteiger partial charge >= 0.3 is 5.97 Å². The molecular formula is C27H33NO2. The van der Waals surface area contributed by atoms with E-state index in [9.17, 15) is 10.1 Å². The average molecular weight is 404 g/mol. The fourth-order valence-electron chi connectivity index (χ4n) is 4.38. The number of benzene rings is 2. The molecule has 1 fully saturated rings. The molecular weight excluding hydrogens is 370 g/mol. The minimum absolute atomic E-state index is 0.323. The third kappa shape index (κ3) is 5.72. The smallest absolute Gasteiger partial charge is 0.343 e. The fraction of sp³-hybridized carbons (Fsp3) is 0.481. The van der Waals surface area contributed by atoms with Crippen LogP contribution in [0.3, 0.4) is 0 Å². The van der Waals surface area contributed by atoms with E-state index in [1.165, 1.54) is 44.1 Å². The first-order valence-electron chi connectivity index (χ1n) is 11.3. The number of ether oxygens (including phenoxy) is 1. The molecule has 1 saturated carbocycles. The number of hydrogen-bond donors (Lipinski definition) is 0. The van der Waals surface area contributed by atoms with Gasteiger partial charge in [-0.2, -0.15) is 5.26 Å². The van der Waals surface area contributed by atoms with Crippen molar-refractivity contribution in [3.63, 3.8) is 0 Å². The Balaban J connectivity index is 1.58. The summed E-state index contributed by atoms with van der Waals surface area (Å²) in [6.45, 7) is 6.64. The van der Waals surface area contributed by atoms with E-state index in [4.69, 9.17) is 4.74 Å². The summed E-state index contributed by atoms with van der Waals surface area (Å²) in [7, 11) is 0. The molecule has 1 aliphatic carbocycles. The molecule has 0 unspecified atom stereocenters. The number of aryl methyl sites for hydroxylation is 1. The molecule has 0 amide bonds. The summed E-state index contributed by atoms with van der Waals surface area (Å²) < 4.78 is 5.51. The molecule has 3 heteroatoms. The molecule has 0 aliphatic heterocycles. The van der Waals surface area contributed by atoms with Crippen LogP contribution >= 0.6 is 0 Å². The topological polar surface area (TPSA) is 50.1 Å². The predicted molar refractivity (Wildman–Crippen MR) is 121 cm³/mol. The molecule has 0 N–H and O–H groups in total. The maximum absolute atomic E-state index is 12.6. The van der Waals surface area contributed by atoms with Gasteiger partial charge in [-0.3, -0.25) is 0 Å². The van der Waals surface area contributed by atoms with Crippen molar-refractivity contribution in [2.75, 3.05) is 0 Å². The van der Waals surface area contributed by atoms with Crippen LogP contribution < -0.4 is 4.74 Å². The van der Waals surface area contributed by atoms with Gasteiger partial charge in [-0.05, 0) is 85.3 Å². The number of rotatable bonds is 7. The van der Waals surface area contributed by atoms with Gasteiger partial charge in [0.15, 0.2) is 0 Å². The van der Waals surface area contributed by atoms with Crippen molar-refractivity contribution in [3.05, 3.63) is 64.7 Å². The molecule has 0 radical (unpaired) electrons. The van der Waals surface area contributed by atoms with Crippen molar-refractivity contribution in [3.8, 4) is 11.8 Å². The second-order valence-corrected chi connectivity index (χ2v) is 9.00. The number of nitriles is 1. The second-order valence-electron chi connectivity index (χ2n) is 9.00. The summed E-state index contributed by atoms with van der Waals surface area (Å²) in [5.74, 6) is 2.18. The third-order valence-corrected chi connectivity index (χ3v) is 6.39. The Labute approximate surface area is 181 Å². The Bertz CT molecular complexity index is 884. The number of hydrogen-bond acceptors (Lipinski definition) is 3. The summed E-state index contributed by atoms with van der Waals surface area (Å²) in [4.78, 5) is 12.6. The predicted octanol–water partition coefficient (Wildman–Crippen LogP) is 7.05. The van der Waals surface area contributed by atoms with Crippen LogP contribution in [-0.2, 0) is 6.42 Å². The van der Waals surface area contributed by atoms with Crippen molar-refractivity contribution in [2.45, 2.75) is 71.6 Å². The maximum atomic E-state index is 12.6. The van der Waals surface area contributed by atoms with E-state index >= 15 is 0 Å². The lowest BCUT2D eigenvalue weighted by molar-refractivity contribution is 0.0734. The van der Waals surface area contributed by atoms with Gasteiger partial charge < -0.3 is 4.74 Å². The normalized spacial score (nSPS) is 18.8. The molecule has 0 heterocycles. The molecule has 2 aromatic rings. The first-order valence-corrected chi connectivity index (χ1v) is 11.3. The van der Waals surface area contributed by atoms with E-state index in [-0.39, 0.29) is 0 Å². The van der Waals surface area contributed by atoms with E-state index in [0.29, 0.717) is 22.8 Å². The number of carbonyl (C=O) groups is 1. The van der Waals surface area contributed by atoms with Crippen molar-refractivity contribution in [1.29, 1.82) is 5.26 Å². The highest BCUT2D eigenvalue weighted by Gasteiger charge is 2.22. The lowest BCUT2D eigenvalue weighted by Crippen LogP contribution is -2.14. The zero-order valence-corrected chi connectivity index (χ0v) is 18.5. The van der Waals surface area contributed by atoms with E-state index in [0.717, 1.165) is 23.8 Å². The van der Waals surface area contributed by atoms with Crippen LogP contribution in [-0.4, -0.2) is 5.97 Å². The molecule has 158 valence electrons. The Kier molecular flexibility index (Phi) is 7.69. The van der Waals surface area contributed by atoms with Crippen LogP contribution in [0, 0.1) is 23.2 Å². The van der Waals surface area contributed by atoms with Gasteiger partial charge in [0.1, 0.15) is 11.8 Å². The van der Waals surface area contributed by atoms with Crippen LogP contribution in [0.5, 0.6) is 5.75 Å². The molecule has 0 spiro atoms. The van der Waals surface area contributed by atoms with Crippen LogP contribution in [0.2, 0.25) is 0 Å². The molecule has 3 rings (SSSR count). The van der Waals surface area contributed by atoms with Crippen LogP contribution in [0.1, 0.15) is 92.3 Å². The highest BCUT2D eigenvalue weighted by atomic mass is 16.5. The van der Waals surface area contributed by atoms with E-state index < -0.39 is 5.97 Å². The summed E-state index contributed by atoms with van der Waals surface area (Å²) in [5.41, 5.74) is 3.29. The Morgan fingerprint density at radius 3 is 2.40 bits per heavy atom. The third-order valence-electron chi connectivity index (χ3n) is 6.39. The van der Waals surface area contributed by atoms with Gasteiger partial charge in [0.05, 0.1) is 11.1 Å². The minimum Gasteiger partial charge on any atom is -0.422 e. The summed E-state index contributed by atoms with van der Waals surface area (Å²) in [6, 6.07) is 15.4. The first-order chi connectivity index (χ1) is 14.5. The zero-order chi connectivity index (χ0) is 21.5. The SMILES string of the molecule is CCc1ccc(OC(=O)c2ccc(C3CCC(CCC(C)C)CC3)cc2)c(C#N)c1. The van der Waals surface area contributed by atoms with Crippen LogP contribution in [0.25, 0.3) is 0 Å². The molecule has 0 atom stereocenters. The second kappa shape index (κ2) is 10.4. The molecule has 30 heavy (non-hydrogen) atoms. The summed E-state index contributed by atoms with van der Waals surface area (Å²) in [6.07, 6.45) is 8.63. The highest BCUT2D eigenvalue weighted by molar-refractivity contribution is 5.91. The van der Waals surface area contributed by atoms with E-state index in [2.05, 4.69) is 32.0 Å². The van der Waals surface area contributed by atoms with E-state index in [1.54, 1.807) is 12.1 Å². The standard InChI is InChI=1S/C27H33NO2/c1-4-20-9-16-26(25(17-20)18-28)30-27(29)24-14-12-23(13-15-24)22-10-7-21(8-11-22)6-5-19(2)3/h9,12-17,19,21-22H,4-8,10-11H2,1-3H3. The van der Waals surface area contributed by atoms with Crippen molar-refractivity contribution in [2.24, 2.45) is 11.8 Å². The van der Waals surface area contributed by atoms with Crippen molar-refractivity contribution >= 4 is 5.97 Å². The largest absolute Gasteiger partial charge is 0.422 e. The van der Waals surface area contributed by atoms with Crippen LogP contribution in [0.4, 0.5) is 0 Å². The average Bonchev–Trinajstić information content (AvgIpc) is 2.78. The van der Waals surface area contributed by atoms with Gasteiger partial charge in [0.2, 0.25) is 0 Å². The Morgan fingerprint density at radius 1 is 1.10 bits per heavy atom. The number of nitrogens with zero attached hydrogens (tertiary/aromatic N) is 1. The molecule has 3 nitrogen and oxygen atoms in total. The first kappa shape index (κ1) is 22.1. The fourth-order valence-corrected chi connectivity index (χ4v) is 4.38. The van der Waals surface area contributed by atoms with Crippen molar-refractivity contribution < 1.29 is 9.53 Å². The van der Waals surface area contributed by atoms with Gasteiger partial charge in [-0.1, -0.05) is 51.8 Å². The Hall–Kier alpha value is -2.60. The van der Waals surface area contributed by atoms with Crippen LogP contribution in [0.15, 0.2) is 42.5 Å². The van der Waals surface area contributed by atoms with Gasteiger partial charge in [0, 0.05) is 0 Å². The molecule has 0 saturated heterocycles.